The van der Waals surface area contributed by atoms with Crippen LogP contribution in [-0.4, -0.2) is 29.7 Å². The Bertz CT molecular complexity index is 695. The molecule has 1 atom stereocenters. The average molecular weight is 297 g/mol. The van der Waals surface area contributed by atoms with Gasteiger partial charge in [-0.2, -0.15) is 4.31 Å². The number of imidazole rings is 1. The molecule has 0 spiro atoms. The number of nitrogens with one attached hydrogen (secondary N) is 1. The van der Waals surface area contributed by atoms with E-state index in [-0.39, 0.29) is 10.8 Å². The van der Waals surface area contributed by atoms with Crippen LogP contribution >= 0.6 is 0 Å². The van der Waals surface area contributed by atoms with Gasteiger partial charge in [-0.15, -0.1) is 0 Å². The number of H-pyrrole nitrogens is 1. The molecule has 1 heterocycles. The van der Waals surface area contributed by atoms with Crippen LogP contribution < -0.4 is 0 Å². The SMILES string of the molecule is Cc1ncc(S(=O)(=O)N(C)C(C)c2ccc(F)cc2)[nH]1. The Kier molecular flexibility index (Phi) is 3.92. The second kappa shape index (κ2) is 5.34. The zero-order valence-corrected chi connectivity index (χ0v) is 12.3. The van der Waals surface area contributed by atoms with E-state index in [1.165, 1.54) is 29.7 Å². The molecule has 20 heavy (non-hydrogen) atoms. The van der Waals surface area contributed by atoms with Crippen LogP contribution in [0.15, 0.2) is 35.5 Å². The minimum Gasteiger partial charge on any atom is -0.332 e. The molecule has 1 aromatic carbocycles. The van der Waals surface area contributed by atoms with Gasteiger partial charge in [0.25, 0.3) is 10.0 Å². The van der Waals surface area contributed by atoms with E-state index in [1.54, 1.807) is 26.0 Å². The Morgan fingerprint density at radius 1 is 1.30 bits per heavy atom. The fourth-order valence-electron chi connectivity index (χ4n) is 1.84. The molecule has 1 aromatic heterocycles. The zero-order valence-electron chi connectivity index (χ0n) is 11.5. The number of hydrogen-bond donors (Lipinski definition) is 1. The highest BCUT2D eigenvalue weighted by Gasteiger charge is 2.27. The molecule has 0 aliphatic carbocycles. The normalized spacial score (nSPS) is 13.7. The molecule has 0 fully saturated rings. The first kappa shape index (κ1) is 14.7. The fraction of sp³-hybridized carbons (Fsp3) is 0.308. The summed E-state index contributed by atoms with van der Waals surface area (Å²) >= 11 is 0. The monoisotopic (exact) mass is 297 g/mol. The van der Waals surface area contributed by atoms with Crippen LogP contribution in [-0.2, 0) is 10.0 Å². The zero-order chi connectivity index (χ0) is 14.9. The van der Waals surface area contributed by atoms with Crippen LogP contribution in [0.1, 0.15) is 24.4 Å². The molecule has 5 nitrogen and oxygen atoms in total. The lowest BCUT2D eigenvalue weighted by Crippen LogP contribution is -2.30. The fourth-order valence-corrected chi connectivity index (χ4v) is 3.15. The van der Waals surface area contributed by atoms with E-state index >= 15 is 0 Å². The van der Waals surface area contributed by atoms with Crippen molar-refractivity contribution in [3.63, 3.8) is 0 Å². The van der Waals surface area contributed by atoms with E-state index in [1.807, 2.05) is 0 Å². The molecule has 1 N–H and O–H groups in total. The predicted molar refractivity (Wildman–Crippen MR) is 73.1 cm³/mol. The summed E-state index contributed by atoms with van der Waals surface area (Å²) in [5, 5.41) is 0.0476. The Labute approximate surface area is 117 Å². The maximum atomic E-state index is 12.9. The van der Waals surface area contributed by atoms with Crippen molar-refractivity contribution in [3.8, 4) is 0 Å². The van der Waals surface area contributed by atoms with Crippen LogP contribution in [0.4, 0.5) is 4.39 Å². The summed E-state index contributed by atoms with van der Waals surface area (Å²) in [5.74, 6) is 0.182. The van der Waals surface area contributed by atoms with Crippen molar-refractivity contribution in [2.75, 3.05) is 7.05 Å². The second-order valence-electron chi connectivity index (χ2n) is 4.58. The lowest BCUT2D eigenvalue weighted by atomic mass is 10.1. The third-order valence-corrected chi connectivity index (χ3v) is 5.07. The molecule has 2 aromatic rings. The first-order valence-electron chi connectivity index (χ1n) is 6.07. The van der Waals surface area contributed by atoms with Gasteiger partial charge in [0.2, 0.25) is 0 Å². The van der Waals surface area contributed by atoms with Crippen molar-refractivity contribution in [2.24, 2.45) is 0 Å². The van der Waals surface area contributed by atoms with Gasteiger partial charge in [0.15, 0.2) is 5.03 Å². The summed E-state index contributed by atoms with van der Waals surface area (Å²) in [6.45, 7) is 3.43. The summed E-state index contributed by atoms with van der Waals surface area (Å²) in [7, 11) is -2.17. The number of aromatic amines is 1. The smallest absolute Gasteiger partial charge is 0.260 e. The molecule has 7 heteroatoms. The Balaban J connectivity index is 2.30. The molecule has 0 radical (unpaired) electrons. The number of nitrogens with zero attached hydrogens (tertiary/aromatic N) is 2. The highest BCUT2D eigenvalue weighted by atomic mass is 32.2. The number of sulfonamides is 1. The van der Waals surface area contributed by atoms with E-state index < -0.39 is 16.1 Å². The van der Waals surface area contributed by atoms with Crippen LogP contribution in [0.5, 0.6) is 0 Å². The van der Waals surface area contributed by atoms with E-state index in [4.69, 9.17) is 0 Å². The van der Waals surface area contributed by atoms with Gasteiger partial charge in [0.05, 0.1) is 6.20 Å². The van der Waals surface area contributed by atoms with Gasteiger partial charge < -0.3 is 4.98 Å². The molecule has 2 rings (SSSR count). The first-order valence-corrected chi connectivity index (χ1v) is 7.51. The third-order valence-electron chi connectivity index (χ3n) is 3.23. The maximum absolute atomic E-state index is 12.9. The number of benzene rings is 1. The average Bonchev–Trinajstić information content (AvgIpc) is 2.85. The molecule has 0 bridgehead atoms. The van der Waals surface area contributed by atoms with Crippen molar-refractivity contribution < 1.29 is 12.8 Å². The Morgan fingerprint density at radius 3 is 2.40 bits per heavy atom. The first-order chi connectivity index (χ1) is 9.32. The van der Waals surface area contributed by atoms with Gasteiger partial charge >= 0.3 is 0 Å². The molecular formula is C13H16FN3O2S. The van der Waals surface area contributed by atoms with Crippen molar-refractivity contribution in [2.45, 2.75) is 24.9 Å². The molecule has 0 saturated heterocycles. The second-order valence-corrected chi connectivity index (χ2v) is 6.55. The van der Waals surface area contributed by atoms with Gasteiger partial charge in [-0.25, -0.2) is 17.8 Å². The lowest BCUT2D eigenvalue weighted by molar-refractivity contribution is 0.396. The van der Waals surface area contributed by atoms with Crippen LogP contribution in [0.2, 0.25) is 0 Å². The van der Waals surface area contributed by atoms with Gasteiger partial charge in [0.1, 0.15) is 11.6 Å². The minimum absolute atomic E-state index is 0.0476. The van der Waals surface area contributed by atoms with Crippen molar-refractivity contribution in [1.29, 1.82) is 0 Å². The molecule has 0 amide bonds. The van der Waals surface area contributed by atoms with Gasteiger partial charge in [0, 0.05) is 13.1 Å². The van der Waals surface area contributed by atoms with Crippen molar-refractivity contribution >= 4 is 10.0 Å². The molecule has 1 unspecified atom stereocenters. The minimum atomic E-state index is -3.65. The number of aryl methyl sites for hydroxylation is 1. The summed E-state index contributed by atoms with van der Waals surface area (Å²) in [6.07, 6.45) is 1.29. The summed E-state index contributed by atoms with van der Waals surface area (Å²) in [6, 6.07) is 5.36. The molecule has 0 aliphatic heterocycles. The summed E-state index contributed by atoms with van der Waals surface area (Å²) in [4.78, 5) is 6.61. The third kappa shape index (κ3) is 2.73. The van der Waals surface area contributed by atoms with E-state index in [2.05, 4.69) is 9.97 Å². The van der Waals surface area contributed by atoms with E-state index in [0.29, 0.717) is 11.4 Å². The van der Waals surface area contributed by atoms with Crippen LogP contribution in [0, 0.1) is 12.7 Å². The quantitative estimate of drug-likeness (QED) is 0.941. The topological polar surface area (TPSA) is 66.1 Å². The highest BCUT2D eigenvalue weighted by Crippen LogP contribution is 2.24. The summed E-state index contributed by atoms with van der Waals surface area (Å²) < 4.78 is 39.0. The van der Waals surface area contributed by atoms with E-state index in [9.17, 15) is 12.8 Å². The molecule has 0 aliphatic rings. The largest absolute Gasteiger partial charge is 0.332 e. The van der Waals surface area contributed by atoms with Gasteiger partial charge in [-0.3, -0.25) is 0 Å². The summed E-state index contributed by atoms with van der Waals surface area (Å²) in [5.41, 5.74) is 0.716. The lowest BCUT2D eigenvalue weighted by Gasteiger charge is -2.23. The van der Waals surface area contributed by atoms with Gasteiger partial charge in [-0.05, 0) is 31.5 Å². The van der Waals surface area contributed by atoms with Crippen LogP contribution in [0.25, 0.3) is 0 Å². The number of hydrogen-bond acceptors (Lipinski definition) is 3. The number of halogens is 1. The molecule has 108 valence electrons. The number of rotatable bonds is 4. The molecule has 0 saturated carbocycles. The van der Waals surface area contributed by atoms with E-state index in [0.717, 1.165) is 0 Å². The Hall–Kier alpha value is -1.73. The maximum Gasteiger partial charge on any atom is 0.260 e. The molecular weight excluding hydrogens is 281 g/mol. The van der Waals surface area contributed by atoms with Crippen molar-refractivity contribution in [3.05, 3.63) is 47.7 Å². The number of aromatic nitrogens is 2. The highest BCUT2D eigenvalue weighted by molar-refractivity contribution is 7.89. The van der Waals surface area contributed by atoms with Gasteiger partial charge in [-0.1, -0.05) is 12.1 Å². The Morgan fingerprint density at radius 2 is 1.90 bits per heavy atom. The van der Waals surface area contributed by atoms with Crippen molar-refractivity contribution in [1.82, 2.24) is 14.3 Å². The standard InChI is InChI=1S/C13H16FN3O2S/c1-9(11-4-6-12(14)7-5-11)17(3)20(18,19)13-8-15-10(2)16-13/h4-9H,1-3H3,(H,15,16). The predicted octanol–water partition coefficient (Wildman–Crippen LogP) is 2.24. The van der Waals surface area contributed by atoms with Crippen LogP contribution in [0.3, 0.4) is 0 Å².